The highest BCUT2D eigenvalue weighted by Crippen LogP contribution is 2.44. The topological polar surface area (TPSA) is 57.6 Å². The van der Waals surface area contributed by atoms with Crippen LogP contribution in [-0.4, -0.2) is 23.3 Å². The summed E-state index contributed by atoms with van der Waals surface area (Å²) in [4.78, 5) is 27.2. The monoisotopic (exact) mass is 455 g/mol. The van der Waals surface area contributed by atoms with Crippen molar-refractivity contribution >= 4 is 56.5 Å². The van der Waals surface area contributed by atoms with Gasteiger partial charge in [0.05, 0.1) is 17.1 Å². The number of carbonyl (C=O) groups excluding carboxylic acids is 2. The third-order valence-corrected chi connectivity index (χ3v) is 5.43. The van der Waals surface area contributed by atoms with Crippen LogP contribution >= 0.6 is 39.1 Å². The van der Waals surface area contributed by atoms with E-state index in [0.717, 1.165) is 10.9 Å². The number of aliphatic hydroxyl groups is 1. The van der Waals surface area contributed by atoms with Gasteiger partial charge in [-0.3, -0.25) is 9.59 Å². The van der Waals surface area contributed by atoms with Gasteiger partial charge in [0, 0.05) is 27.2 Å². The first-order chi connectivity index (χ1) is 12.3. The molecule has 1 amide bonds. The van der Waals surface area contributed by atoms with Crippen molar-refractivity contribution in [2.75, 3.05) is 11.4 Å². The number of fused-ring (bicyclic) bond motifs is 1. The number of carbonyl (C=O) groups is 2. The van der Waals surface area contributed by atoms with E-state index in [2.05, 4.69) is 15.9 Å². The van der Waals surface area contributed by atoms with Crippen LogP contribution < -0.4 is 4.90 Å². The molecule has 0 saturated carbocycles. The first kappa shape index (κ1) is 19.4. The number of amides is 1. The number of anilines is 1. The Hall–Kier alpha value is -1.40. The zero-order valence-corrected chi connectivity index (χ0v) is 17.0. The highest BCUT2D eigenvalue weighted by molar-refractivity contribution is 9.10. The Bertz CT molecular complexity index is 902. The second-order valence-electron chi connectivity index (χ2n) is 6.20. The predicted octanol–water partition coefficient (Wildman–Crippen LogP) is 4.97. The Morgan fingerprint density at radius 2 is 1.96 bits per heavy atom. The van der Waals surface area contributed by atoms with Crippen molar-refractivity contribution in [1.82, 2.24) is 0 Å². The summed E-state index contributed by atoms with van der Waals surface area (Å²) < 4.78 is 0.720. The van der Waals surface area contributed by atoms with Crippen molar-refractivity contribution in [2.24, 2.45) is 0 Å². The lowest BCUT2D eigenvalue weighted by atomic mass is 9.88. The van der Waals surface area contributed by atoms with E-state index in [1.165, 1.54) is 17.0 Å². The molecule has 2 aromatic rings. The number of hydrogen-bond acceptors (Lipinski definition) is 3. The van der Waals surface area contributed by atoms with Crippen LogP contribution in [0.4, 0.5) is 5.69 Å². The number of halogens is 3. The highest BCUT2D eigenvalue weighted by Gasteiger charge is 2.50. The van der Waals surface area contributed by atoms with Crippen LogP contribution in [0.1, 0.15) is 35.7 Å². The summed E-state index contributed by atoms with van der Waals surface area (Å²) in [6, 6.07) is 9.77. The van der Waals surface area contributed by atoms with Gasteiger partial charge in [-0.05, 0) is 42.8 Å². The van der Waals surface area contributed by atoms with Crippen LogP contribution in [-0.2, 0) is 10.4 Å². The maximum Gasteiger partial charge on any atom is 0.264 e. The molecule has 26 heavy (non-hydrogen) atoms. The van der Waals surface area contributed by atoms with E-state index in [4.69, 9.17) is 23.2 Å². The summed E-state index contributed by atoms with van der Waals surface area (Å²) in [5.74, 6) is -0.919. The Kier molecular flexibility index (Phi) is 5.45. The minimum Gasteiger partial charge on any atom is -0.375 e. The standard InChI is InChI=1S/C19H16BrCl2NO3/c1-2-7-23-16-6-3-11(20)8-14(16)19(26,18(23)25)10-17(24)13-5-4-12(21)9-15(13)22/h3-6,8-9,26H,2,7,10H2,1H3. The van der Waals surface area contributed by atoms with Gasteiger partial charge < -0.3 is 10.0 Å². The summed E-state index contributed by atoms with van der Waals surface area (Å²) in [7, 11) is 0. The lowest BCUT2D eigenvalue weighted by Gasteiger charge is -2.22. The third-order valence-electron chi connectivity index (χ3n) is 4.39. The second-order valence-corrected chi connectivity index (χ2v) is 7.96. The maximum absolute atomic E-state index is 12.9. The van der Waals surface area contributed by atoms with Gasteiger partial charge in [-0.2, -0.15) is 0 Å². The van der Waals surface area contributed by atoms with Gasteiger partial charge >= 0.3 is 0 Å². The number of hydrogen-bond donors (Lipinski definition) is 1. The Labute approximate surface area is 169 Å². The van der Waals surface area contributed by atoms with Gasteiger partial charge in [-0.15, -0.1) is 0 Å². The van der Waals surface area contributed by atoms with E-state index in [1.54, 1.807) is 24.3 Å². The van der Waals surface area contributed by atoms with Crippen LogP contribution in [0.15, 0.2) is 40.9 Å². The fourth-order valence-corrected chi connectivity index (χ4v) is 4.06. The molecule has 1 aliphatic heterocycles. The molecule has 0 radical (unpaired) electrons. The molecule has 0 saturated heterocycles. The van der Waals surface area contributed by atoms with E-state index < -0.39 is 23.7 Å². The molecule has 1 aliphatic rings. The molecule has 1 heterocycles. The van der Waals surface area contributed by atoms with Crippen molar-refractivity contribution in [3.8, 4) is 0 Å². The van der Waals surface area contributed by atoms with Crippen LogP contribution in [0.25, 0.3) is 0 Å². The molecule has 0 bridgehead atoms. The van der Waals surface area contributed by atoms with Crippen molar-refractivity contribution < 1.29 is 14.7 Å². The molecule has 1 atom stereocenters. The molecule has 2 aromatic carbocycles. The summed E-state index contributed by atoms with van der Waals surface area (Å²) >= 11 is 15.3. The summed E-state index contributed by atoms with van der Waals surface area (Å²) in [5, 5.41) is 11.8. The second kappa shape index (κ2) is 7.31. The maximum atomic E-state index is 12.9. The molecule has 0 spiro atoms. The molecule has 4 nitrogen and oxygen atoms in total. The van der Waals surface area contributed by atoms with Crippen molar-refractivity contribution in [2.45, 2.75) is 25.4 Å². The van der Waals surface area contributed by atoms with E-state index >= 15 is 0 Å². The van der Waals surface area contributed by atoms with Crippen molar-refractivity contribution in [3.05, 3.63) is 62.0 Å². The largest absolute Gasteiger partial charge is 0.375 e. The molecule has 7 heteroatoms. The SMILES string of the molecule is CCCN1C(=O)C(O)(CC(=O)c2ccc(Cl)cc2Cl)c2cc(Br)ccc21. The molecule has 1 unspecified atom stereocenters. The zero-order valence-electron chi connectivity index (χ0n) is 13.9. The van der Waals surface area contributed by atoms with Gasteiger partial charge in [0.25, 0.3) is 5.91 Å². The Morgan fingerprint density at radius 3 is 2.62 bits per heavy atom. The van der Waals surface area contributed by atoms with Gasteiger partial charge in [0.2, 0.25) is 0 Å². The van der Waals surface area contributed by atoms with Gasteiger partial charge in [-0.25, -0.2) is 0 Å². The Balaban J connectivity index is 2.02. The van der Waals surface area contributed by atoms with Crippen molar-refractivity contribution in [1.29, 1.82) is 0 Å². The van der Waals surface area contributed by atoms with E-state index in [9.17, 15) is 14.7 Å². The van der Waals surface area contributed by atoms with Gasteiger partial charge in [-0.1, -0.05) is 46.1 Å². The molecule has 136 valence electrons. The minimum atomic E-state index is -1.92. The zero-order chi connectivity index (χ0) is 19.1. The predicted molar refractivity (Wildman–Crippen MR) is 106 cm³/mol. The number of ketones is 1. The molecule has 1 N–H and O–H groups in total. The fraction of sp³-hybridized carbons (Fsp3) is 0.263. The van der Waals surface area contributed by atoms with Crippen LogP contribution in [0.3, 0.4) is 0 Å². The molecule has 0 fully saturated rings. The number of benzene rings is 2. The quantitative estimate of drug-likeness (QED) is 0.646. The van der Waals surface area contributed by atoms with E-state index in [-0.39, 0.29) is 10.6 Å². The first-order valence-electron chi connectivity index (χ1n) is 8.10. The highest BCUT2D eigenvalue weighted by atomic mass is 79.9. The summed E-state index contributed by atoms with van der Waals surface area (Å²) in [5.41, 5.74) is -0.655. The van der Waals surface area contributed by atoms with Gasteiger partial charge in [0.15, 0.2) is 11.4 Å². The van der Waals surface area contributed by atoms with Gasteiger partial charge in [0.1, 0.15) is 0 Å². The van der Waals surface area contributed by atoms with Crippen LogP contribution in [0.2, 0.25) is 10.0 Å². The van der Waals surface area contributed by atoms with Crippen molar-refractivity contribution in [3.63, 3.8) is 0 Å². The summed E-state index contributed by atoms with van der Waals surface area (Å²) in [6.45, 7) is 2.41. The lowest BCUT2D eigenvalue weighted by molar-refractivity contribution is -0.135. The fourth-order valence-electron chi connectivity index (χ4n) is 3.18. The minimum absolute atomic E-state index is 0.191. The summed E-state index contributed by atoms with van der Waals surface area (Å²) in [6.07, 6.45) is 0.338. The molecular weight excluding hydrogens is 441 g/mol. The average Bonchev–Trinajstić information content (AvgIpc) is 2.77. The molecule has 0 aromatic heterocycles. The van der Waals surface area contributed by atoms with E-state index in [0.29, 0.717) is 22.8 Å². The molecule has 3 rings (SSSR count). The first-order valence-corrected chi connectivity index (χ1v) is 9.65. The lowest BCUT2D eigenvalue weighted by Crippen LogP contribution is -2.42. The number of rotatable bonds is 5. The molecular formula is C19H16BrCl2NO3. The average molecular weight is 457 g/mol. The Morgan fingerprint density at radius 1 is 1.23 bits per heavy atom. The number of Topliss-reactive ketones (excluding diaryl/α,β-unsaturated/α-hetero) is 1. The smallest absolute Gasteiger partial charge is 0.264 e. The third kappa shape index (κ3) is 3.29. The number of nitrogens with zero attached hydrogens (tertiary/aromatic N) is 1. The van der Waals surface area contributed by atoms with Crippen LogP contribution in [0, 0.1) is 0 Å². The van der Waals surface area contributed by atoms with Crippen LogP contribution in [0.5, 0.6) is 0 Å². The normalized spacial score (nSPS) is 19.0. The van der Waals surface area contributed by atoms with E-state index in [1.807, 2.05) is 6.92 Å². The molecule has 0 aliphatic carbocycles.